The van der Waals surface area contributed by atoms with Crippen LogP contribution in [0.1, 0.15) is 18.5 Å². The molecule has 18 heavy (non-hydrogen) atoms. The SMILES string of the molecule is Nc1onc(CC2CC2)c1-c1ccc(F)cc1Cl. The number of aromatic nitrogens is 1. The van der Waals surface area contributed by atoms with Crippen LogP contribution >= 0.6 is 11.6 Å². The van der Waals surface area contributed by atoms with Crippen LogP contribution in [-0.2, 0) is 6.42 Å². The second-order valence-electron chi connectivity index (χ2n) is 4.64. The third-order valence-corrected chi connectivity index (χ3v) is 3.48. The standard InChI is InChI=1S/C13H12ClFN2O/c14-10-6-8(15)3-4-9(10)12-11(5-7-1-2-7)17-18-13(12)16/h3-4,6-7H,1-2,5,16H2. The van der Waals surface area contributed by atoms with Crippen molar-refractivity contribution in [3.05, 3.63) is 34.7 Å². The zero-order valence-electron chi connectivity index (χ0n) is 9.62. The molecule has 0 unspecified atom stereocenters. The average Bonchev–Trinajstić information content (AvgIpc) is 3.06. The summed E-state index contributed by atoms with van der Waals surface area (Å²) in [4.78, 5) is 0. The van der Waals surface area contributed by atoms with E-state index in [1.165, 1.54) is 25.0 Å². The molecule has 1 aromatic heterocycles. The first-order chi connectivity index (χ1) is 8.65. The normalized spacial score (nSPS) is 15.0. The van der Waals surface area contributed by atoms with Gasteiger partial charge in [0, 0.05) is 5.56 Å². The molecule has 94 valence electrons. The lowest BCUT2D eigenvalue weighted by atomic mass is 10.0. The second-order valence-corrected chi connectivity index (χ2v) is 5.05. The van der Waals surface area contributed by atoms with Crippen LogP contribution in [0.3, 0.4) is 0 Å². The summed E-state index contributed by atoms with van der Waals surface area (Å²) in [5.41, 5.74) is 7.98. The van der Waals surface area contributed by atoms with E-state index in [-0.39, 0.29) is 11.7 Å². The fourth-order valence-corrected chi connectivity index (χ4v) is 2.31. The molecule has 2 N–H and O–H groups in total. The topological polar surface area (TPSA) is 52.0 Å². The van der Waals surface area contributed by atoms with E-state index in [2.05, 4.69) is 5.16 Å². The van der Waals surface area contributed by atoms with Gasteiger partial charge in [-0.05, 0) is 43.4 Å². The van der Waals surface area contributed by atoms with Gasteiger partial charge in [-0.2, -0.15) is 0 Å². The molecule has 1 aliphatic carbocycles. The highest BCUT2D eigenvalue weighted by atomic mass is 35.5. The zero-order valence-corrected chi connectivity index (χ0v) is 10.4. The Hall–Kier alpha value is -1.55. The van der Waals surface area contributed by atoms with Crippen LogP contribution in [0, 0.1) is 11.7 Å². The molecule has 1 fully saturated rings. The maximum atomic E-state index is 13.1. The third-order valence-electron chi connectivity index (χ3n) is 3.17. The molecule has 0 aliphatic heterocycles. The largest absolute Gasteiger partial charge is 0.367 e. The Morgan fingerprint density at radius 1 is 1.44 bits per heavy atom. The fraction of sp³-hybridized carbons (Fsp3) is 0.308. The number of hydrogen-bond donors (Lipinski definition) is 1. The minimum atomic E-state index is -0.373. The van der Waals surface area contributed by atoms with Gasteiger partial charge in [-0.1, -0.05) is 16.8 Å². The van der Waals surface area contributed by atoms with Gasteiger partial charge in [-0.3, -0.25) is 0 Å². The van der Waals surface area contributed by atoms with E-state index in [0.29, 0.717) is 22.1 Å². The molecule has 1 aromatic carbocycles. The Balaban J connectivity index is 2.06. The fourth-order valence-electron chi connectivity index (χ4n) is 2.05. The monoisotopic (exact) mass is 266 g/mol. The number of hydrogen-bond acceptors (Lipinski definition) is 3. The first-order valence-corrected chi connectivity index (χ1v) is 6.22. The van der Waals surface area contributed by atoms with Crippen molar-refractivity contribution in [3.63, 3.8) is 0 Å². The molecular weight excluding hydrogens is 255 g/mol. The van der Waals surface area contributed by atoms with Crippen molar-refractivity contribution < 1.29 is 8.91 Å². The predicted octanol–water partition coefficient (Wildman–Crippen LogP) is 3.67. The van der Waals surface area contributed by atoms with E-state index < -0.39 is 0 Å². The van der Waals surface area contributed by atoms with Crippen LogP contribution in [-0.4, -0.2) is 5.16 Å². The first-order valence-electron chi connectivity index (χ1n) is 5.84. The lowest BCUT2D eigenvalue weighted by molar-refractivity contribution is 0.426. The molecule has 0 spiro atoms. The Morgan fingerprint density at radius 3 is 2.89 bits per heavy atom. The summed E-state index contributed by atoms with van der Waals surface area (Å²) in [6.45, 7) is 0. The van der Waals surface area contributed by atoms with E-state index in [1.807, 2.05) is 0 Å². The van der Waals surface area contributed by atoms with Crippen LogP contribution in [0.5, 0.6) is 0 Å². The van der Waals surface area contributed by atoms with Gasteiger partial charge in [-0.25, -0.2) is 4.39 Å². The Labute approximate surface area is 109 Å². The highest BCUT2D eigenvalue weighted by Crippen LogP contribution is 2.39. The summed E-state index contributed by atoms with van der Waals surface area (Å²) in [6, 6.07) is 4.23. The van der Waals surface area contributed by atoms with Gasteiger partial charge in [0.25, 0.3) is 0 Å². The van der Waals surface area contributed by atoms with Gasteiger partial charge in [0.15, 0.2) is 0 Å². The lowest BCUT2D eigenvalue weighted by Crippen LogP contribution is -1.93. The number of nitrogens with two attached hydrogens (primary N) is 1. The van der Waals surface area contributed by atoms with Gasteiger partial charge in [0.2, 0.25) is 5.88 Å². The molecule has 1 aliphatic rings. The summed E-state index contributed by atoms with van der Waals surface area (Å²) in [5, 5.41) is 4.30. The molecule has 0 atom stereocenters. The summed E-state index contributed by atoms with van der Waals surface area (Å²) >= 11 is 6.05. The minimum absolute atomic E-state index is 0.235. The van der Waals surface area contributed by atoms with Crippen molar-refractivity contribution in [1.82, 2.24) is 5.16 Å². The van der Waals surface area contributed by atoms with Gasteiger partial charge < -0.3 is 10.3 Å². The summed E-state index contributed by atoms with van der Waals surface area (Å²) in [6.07, 6.45) is 3.26. The highest BCUT2D eigenvalue weighted by Gasteiger charge is 2.27. The predicted molar refractivity (Wildman–Crippen MR) is 67.7 cm³/mol. The molecule has 2 aromatic rings. The van der Waals surface area contributed by atoms with E-state index >= 15 is 0 Å². The molecule has 1 saturated carbocycles. The van der Waals surface area contributed by atoms with Crippen molar-refractivity contribution in [2.45, 2.75) is 19.3 Å². The molecular formula is C13H12ClFN2O. The van der Waals surface area contributed by atoms with E-state index in [1.54, 1.807) is 6.07 Å². The second kappa shape index (κ2) is 4.28. The van der Waals surface area contributed by atoms with E-state index in [0.717, 1.165) is 12.1 Å². The van der Waals surface area contributed by atoms with Crippen molar-refractivity contribution in [1.29, 1.82) is 0 Å². The first kappa shape index (κ1) is 11.5. The average molecular weight is 267 g/mol. The number of halogens is 2. The zero-order chi connectivity index (χ0) is 12.7. The van der Waals surface area contributed by atoms with Crippen LogP contribution in [0.4, 0.5) is 10.3 Å². The van der Waals surface area contributed by atoms with Crippen LogP contribution in [0.15, 0.2) is 22.7 Å². The molecule has 0 bridgehead atoms. The van der Waals surface area contributed by atoms with Crippen LogP contribution < -0.4 is 5.73 Å². The van der Waals surface area contributed by atoms with Crippen molar-refractivity contribution >= 4 is 17.5 Å². The highest BCUT2D eigenvalue weighted by molar-refractivity contribution is 6.33. The van der Waals surface area contributed by atoms with Crippen molar-refractivity contribution in [3.8, 4) is 11.1 Å². The summed E-state index contributed by atoms with van der Waals surface area (Å²) in [7, 11) is 0. The maximum Gasteiger partial charge on any atom is 0.230 e. The van der Waals surface area contributed by atoms with Gasteiger partial charge >= 0.3 is 0 Å². The molecule has 1 heterocycles. The number of anilines is 1. The van der Waals surface area contributed by atoms with Gasteiger partial charge in [0.1, 0.15) is 5.82 Å². The molecule has 3 nitrogen and oxygen atoms in total. The summed E-state index contributed by atoms with van der Waals surface area (Å²) < 4.78 is 18.1. The maximum absolute atomic E-state index is 13.1. The Bertz CT molecular complexity index is 593. The summed E-state index contributed by atoms with van der Waals surface area (Å²) in [5.74, 6) is 0.522. The molecule has 0 saturated heterocycles. The molecule has 0 amide bonds. The smallest absolute Gasteiger partial charge is 0.230 e. The molecule has 3 rings (SSSR count). The van der Waals surface area contributed by atoms with Crippen LogP contribution in [0.2, 0.25) is 5.02 Å². The van der Waals surface area contributed by atoms with Gasteiger partial charge in [0.05, 0.1) is 16.3 Å². The number of nitrogen functional groups attached to an aromatic ring is 1. The third kappa shape index (κ3) is 2.08. The number of rotatable bonds is 3. The lowest BCUT2D eigenvalue weighted by Gasteiger charge is -2.04. The minimum Gasteiger partial charge on any atom is -0.367 e. The van der Waals surface area contributed by atoms with E-state index in [9.17, 15) is 4.39 Å². The molecule has 0 radical (unpaired) electrons. The molecule has 5 heteroatoms. The Morgan fingerprint density at radius 2 is 2.22 bits per heavy atom. The Kier molecular flexibility index (Phi) is 2.74. The van der Waals surface area contributed by atoms with Crippen LogP contribution in [0.25, 0.3) is 11.1 Å². The van der Waals surface area contributed by atoms with Crippen molar-refractivity contribution in [2.24, 2.45) is 5.92 Å². The number of benzene rings is 1. The quantitative estimate of drug-likeness (QED) is 0.922. The number of nitrogens with zero attached hydrogens (tertiary/aromatic N) is 1. The van der Waals surface area contributed by atoms with Gasteiger partial charge in [-0.15, -0.1) is 0 Å². The van der Waals surface area contributed by atoms with E-state index in [4.69, 9.17) is 21.9 Å². The van der Waals surface area contributed by atoms with Crippen molar-refractivity contribution in [2.75, 3.05) is 5.73 Å².